The van der Waals surface area contributed by atoms with Crippen LogP contribution in [-0.4, -0.2) is 57.1 Å². The van der Waals surface area contributed by atoms with Gasteiger partial charge in [0.2, 0.25) is 5.91 Å². The summed E-state index contributed by atoms with van der Waals surface area (Å²) in [5.41, 5.74) is 7.53. The van der Waals surface area contributed by atoms with Crippen LogP contribution in [-0.2, 0) is 16.0 Å². The lowest BCUT2D eigenvalue weighted by molar-refractivity contribution is -0.126. The SMILES string of the molecule is COCCCOc1cc(CC(CC(N)C(O)CNC(=O)C2CCCCC2)C(C)C)ccc1OC. The number of nitrogens with one attached hydrogen (secondary N) is 1. The van der Waals surface area contributed by atoms with Crippen LogP contribution in [0, 0.1) is 17.8 Å². The zero-order chi connectivity index (χ0) is 24.9. The van der Waals surface area contributed by atoms with Gasteiger partial charge in [0, 0.05) is 38.6 Å². The Balaban J connectivity index is 1.91. The van der Waals surface area contributed by atoms with Gasteiger partial charge in [-0.15, -0.1) is 0 Å². The van der Waals surface area contributed by atoms with Crippen LogP contribution in [0.2, 0.25) is 0 Å². The summed E-state index contributed by atoms with van der Waals surface area (Å²) in [6, 6.07) is 5.63. The van der Waals surface area contributed by atoms with Crippen LogP contribution in [0.3, 0.4) is 0 Å². The van der Waals surface area contributed by atoms with Gasteiger partial charge in [-0.25, -0.2) is 0 Å². The molecule has 0 bridgehead atoms. The average molecular weight is 479 g/mol. The van der Waals surface area contributed by atoms with Gasteiger partial charge in [0.1, 0.15) is 0 Å². The number of hydrogen-bond donors (Lipinski definition) is 3. The molecule has 1 fully saturated rings. The second-order valence-corrected chi connectivity index (χ2v) is 9.94. The minimum absolute atomic E-state index is 0.0580. The van der Waals surface area contributed by atoms with E-state index in [1.165, 1.54) is 6.42 Å². The number of aliphatic hydroxyl groups is 1. The molecule has 194 valence electrons. The first-order valence-electron chi connectivity index (χ1n) is 12.9. The molecule has 0 heterocycles. The Hall–Kier alpha value is -1.83. The molecule has 0 radical (unpaired) electrons. The van der Waals surface area contributed by atoms with Gasteiger partial charge >= 0.3 is 0 Å². The highest BCUT2D eigenvalue weighted by atomic mass is 16.5. The van der Waals surface area contributed by atoms with Gasteiger partial charge in [-0.2, -0.15) is 0 Å². The highest BCUT2D eigenvalue weighted by Gasteiger charge is 2.25. The number of benzene rings is 1. The van der Waals surface area contributed by atoms with E-state index in [2.05, 4.69) is 25.2 Å². The van der Waals surface area contributed by atoms with Gasteiger partial charge < -0.3 is 30.4 Å². The molecule has 1 aromatic rings. The molecule has 1 aliphatic rings. The fraction of sp³-hybridized carbons (Fsp3) is 0.741. The summed E-state index contributed by atoms with van der Waals surface area (Å²) in [4.78, 5) is 12.4. The molecule has 3 unspecified atom stereocenters. The second kappa shape index (κ2) is 15.2. The molecule has 34 heavy (non-hydrogen) atoms. The molecule has 1 saturated carbocycles. The van der Waals surface area contributed by atoms with Crippen molar-refractivity contribution < 1.29 is 24.1 Å². The number of nitrogens with two attached hydrogens (primary N) is 1. The summed E-state index contributed by atoms with van der Waals surface area (Å²) in [6.45, 7) is 5.79. The minimum atomic E-state index is -0.760. The van der Waals surface area contributed by atoms with Crippen LogP contribution < -0.4 is 20.5 Å². The number of amides is 1. The fourth-order valence-corrected chi connectivity index (χ4v) is 4.61. The summed E-state index contributed by atoms with van der Waals surface area (Å²) >= 11 is 0. The Morgan fingerprint density at radius 2 is 1.88 bits per heavy atom. The minimum Gasteiger partial charge on any atom is -0.493 e. The highest BCUT2D eigenvalue weighted by molar-refractivity contribution is 5.78. The van der Waals surface area contributed by atoms with Crippen molar-refractivity contribution in [1.29, 1.82) is 0 Å². The summed E-state index contributed by atoms with van der Waals surface area (Å²) in [5, 5.41) is 13.6. The number of ether oxygens (including phenoxy) is 3. The van der Waals surface area contributed by atoms with E-state index in [0.29, 0.717) is 31.3 Å². The van der Waals surface area contributed by atoms with Crippen molar-refractivity contribution >= 4 is 5.91 Å². The second-order valence-electron chi connectivity index (χ2n) is 9.94. The zero-order valence-corrected chi connectivity index (χ0v) is 21.6. The van der Waals surface area contributed by atoms with Crippen molar-refractivity contribution in [1.82, 2.24) is 5.32 Å². The lowest BCUT2D eigenvalue weighted by atomic mass is 9.83. The van der Waals surface area contributed by atoms with Crippen molar-refractivity contribution in [2.24, 2.45) is 23.5 Å². The van der Waals surface area contributed by atoms with E-state index in [1.54, 1.807) is 14.2 Å². The number of methoxy groups -OCH3 is 2. The van der Waals surface area contributed by atoms with Gasteiger partial charge in [0.15, 0.2) is 11.5 Å². The molecule has 2 rings (SSSR count). The van der Waals surface area contributed by atoms with Crippen LogP contribution in [0.1, 0.15) is 64.4 Å². The van der Waals surface area contributed by atoms with Crippen molar-refractivity contribution in [2.45, 2.75) is 77.4 Å². The smallest absolute Gasteiger partial charge is 0.223 e. The summed E-state index contributed by atoms with van der Waals surface area (Å²) in [6.07, 6.45) is 6.88. The van der Waals surface area contributed by atoms with Gasteiger partial charge in [0.05, 0.1) is 19.8 Å². The third-order valence-electron chi connectivity index (χ3n) is 6.95. The molecule has 0 spiro atoms. The molecular formula is C27H46N2O5. The Morgan fingerprint density at radius 3 is 2.53 bits per heavy atom. The lowest BCUT2D eigenvalue weighted by Gasteiger charge is -2.28. The fourth-order valence-electron chi connectivity index (χ4n) is 4.61. The van der Waals surface area contributed by atoms with Crippen LogP contribution in [0.4, 0.5) is 0 Å². The van der Waals surface area contributed by atoms with Crippen LogP contribution >= 0.6 is 0 Å². The predicted molar refractivity (Wildman–Crippen MR) is 135 cm³/mol. The van der Waals surface area contributed by atoms with Crippen LogP contribution in [0.25, 0.3) is 0 Å². The Labute approximate surface area is 205 Å². The standard InChI is InChI=1S/C27H46N2O5/c1-19(2)22(15-20-11-12-25(33-4)26(16-20)34-14-8-13-32-3)17-23(28)24(30)18-29-27(31)21-9-6-5-7-10-21/h11-12,16,19,21-24,30H,5-10,13-15,17-18,28H2,1-4H3,(H,29,31). The monoisotopic (exact) mass is 478 g/mol. The van der Waals surface area contributed by atoms with E-state index in [-0.39, 0.29) is 24.3 Å². The molecular weight excluding hydrogens is 432 g/mol. The maximum Gasteiger partial charge on any atom is 0.223 e. The largest absolute Gasteiger partial charge is 0.493 e. The van der Waals surface area contributed by atoms with E-state index in [1.807, 2.05) is 12.1 Å². The number of carbonyl (C=O) groups is 1. The van der Waals surface area contributed by atoms with Crippen molar-refractivity contribution in [3.63, 3.8) is 0 Å². The molecule has 1 aromatic carbocycles. The maximum atomic E-state index is 12.4. The zero-order valence-electron chi connectivity index (χ0n) is 21.6. The quantitative estimate of drug-likeness (QED) is 0.332. The molecule has 0 aliphatic heterocycles. The Kier molecular flexibility index (Phi) is 12.7. The Morgan fingerprint density at radius 1 is 1.15 bits per heavy atom. The number of hydrogen-bond acceptors (Lipinski definition) is 6. The van der Waals surface area contributed by atoms with Crippen LogP contribution in [0.15, 0.2) is 18.2 Å². The number of rotatable bonds is 15. The predicted octanol–water partition coefficient (Wildman–Crippen LogP) is 3.70. The van der Waals surface area contributed by atoms with E-state index >= 15 is 0 Å². The topological polar surface area (TPSA) is 103 Å². The van der Waals surface area contributed by atoms with Gasteiger partial charge in [0.25, 0.3) is 0 Å². The van der Waals surface area contributed by atoms with Crippen molar-refractivity contribution in [3.05, 3.63) is 23.8 Å². The van der Waals surface area contributed by atoms with Gasteiger partial charge in [-0.05, 0) is 55.2 Å². The molecule has 7 heteroatoms. The molecule has 1 aliphatic carbocycles. The van der Waals surface area contributed by atoms with Crippen molar-refractivity contribution in [3.8, 4) is 11.5 Å². The lowest BCUT2D eigenvalue weighted by Crippen LogP contribution is -2.46. The van der Waals surface area contributed by atoms with E-state index in [4.69, 9.17) is 19.9 Å². The average Bonchev–Trinajstić information content (AvgIpc) is 2.85. The number of carbonyl (C=O) groups excluding carboxylic acids is 1. The third-order valence-corrected chi connectivity index (χ3v) is 6.95. The molecule has 7 nitrogen and oxygen atoms in total. The molecule has 0 saturated heterocycles. The van der Waals surface area contributed by atoms with E-state index in [9.17, 15) is 9.90 Å². The normalized spacial score (nSPS) is 17.3. The maximum absolute atomic E-state index is 12.4. The Bertz CT molecular complexity index is 721. The van der Waals surface area contributed by atoms with Crippen LogP contribution in [0.5, 0.6) is 11.5 Å². The first-order valence-corrected chi connectivity index (χ1v) is 12.9. The molecule has 3 atom stereocenters. The van der Waals surface area contributed by atoms with Crippen molar-refractivity contribution in [2.75, 3.05) is 34.0 Å². The van der Waals surface area contributed by atoms with E-state index < -0.39 is 12.1 Å². The van der Waals surface area contributed by atoms with E-state index in [0.717, 1.165) is 49.8 Å². The highest BCUT2D eigenvalue weighted by Crippen LogP contribution is 2.31. The van der Waals surface area contributed by atoms with Gasteiger partial charge in [-0.3, -0.25) is 4.79 Å². The van der Waals surface area contributed by atoms with Gasteiger partial charge in [-0.1, -0.05) is 39.2 Å². The summed E-state index contributed by atoms with van der Waals surface area (Å²) in [7, 11) is 3.32. The summed E-state index contributed by atoms with van der Waals surface area (Å²) in [5.74, 6) is 2.26. The first-order chi connectivity index (χ1) is 16.3. The molecule has 1 amide bonds. The summed E-state index contributed by atoms with van der Waals surface area (Å²) < 4.78 is 16.5. The first kappa shape index (κ1) is 28.4. The number of aliphatic hydroxyl groups excluding tert-OH is 1. The molecule has 4 N–H and O–H groups in total. The third kappa shape index (κ3) is 9.43. The molecule has 0 aromatic heterocycles.